The number of aromatic nitrogens is 2. The molecule has 29 heavy (non-hydrogen) atoms. The zero-order valence-corrected chi connectivity index (χ0v) is 17.2. The van der Waals surface area contributed by atoms with Gasteiger partial charge < -0.3 is 15.0 Å². The van der Waals surface area contributed by atoms with Crippen molar-refractivity contribution in [3.8, 4) is 5.88 Å². The van der Waals surface area contributed by atoms with Crippen LogP contribution < -0.4 is 10.1 Å². The predicted molar refractivity (Wildman–Crippen MR) is 109 cm³/mol. The quantitative estimate of drug-likeness (QED) is 0.789. The van der Waals surface area contributed by atoms with E-state index in [2.05, 4.69) is 15.3 Å². The first-order valence-corrected chi connectivity index (χ1v) is 11.0. The molecule has 0 radical (unpaired) electrons. The summed E-state index contributed by atoms with van der Waals surface area (Å²) in [6, 6.07) is 4.97. The summed E-state index contributed by atoms with van der Waals surface area (Å²) in [6.45, 7) is 0.659. The average molecular weight is 413 g/mol. The first kappa shape index (κ1) is 18.5. The number of pyridine rings is 1. The second-order valence-electron chi connectivity index (χ2n) is 8.42. The Morgan fingerprint density at radius 2 is 2.17 bits per heavy atom. The van der Waals surface area contributed by atoms with E-state index in [1.165, 1.54) is 11.3 Å². The molecule has 2 aliphatic carbocycles. The fraction of sp³-hybridized carbons (Fsp3) is 0.524. The van der Waals surface area contributed by atoms with Crippen molar-refractivity contribution >= 4 is 28.2 Å². The molecule has 1 saturated heterocycles. The number of ether oxygens (including phenoxy) is 1. The van der Waals surface area contributed by atoms with Crippen molar-refractivity contribution in [2.24, 2.45) is 5.41 Å². The third-order valence-corrected chi connectivity index (χ3v) is 6.96. The molecule has 3 heterocycles. The number of thiazole rings is 1. The topological polar surface area (TPSA) is 84.4 Å². The molecule has 1 spiro atoms. The van der Waals surface area contributed by atoms with E-state index in [-0.39, 0.29) is 23.7 Å². The Morgan fingerprint density at radius 3 is 2.90 bits per heavy atom. The molecule has 3 aliphatic rings. The van der Waals surface area contributed by atoms with Gasteiger partial charge in [0.05, 0.1) is 30.4 Å². The minimum Gasteiger partial charge on any atom is -0.481 e. The van der Waals surface area contributed by atoms with Gasteiger partial charge in [0.2, 0.25) is 17.7 Å². The van der Waals surface area contributed by atoms with Crippen molar-refractivity contribution in [2.75, 3.05) is 19.0 Å². The van der Waals surface area contributed by atoms with Crippen LogP contribution in [0.5, 0.6) is 5.88 Å². The molecule has 0 unspecified atom stereocenters. The Labute approximate surface area is 173 Å². The van der Waals surface area contributed by atoms with Gasteiger partial charge in [0.15, 0.2) is 0 Å². The molecule has 1 N–H and O–H groups in total. The van der Waals surface area contributed by atoms with Gasteiger partial charge in [-0.05, 0) is 43.6 Å². The number of carbonyl (C=O) groups is 2. The highest BCUT2D eigenvalue weighted by molar-refractivity contribution is 7.14. The maximum Gasteiger partial charge on any atom is 0.247 e. The summed E-state index contributed by atoms with van der Waals surface area (Å²) in [7, 11) is 1.56. The third kappa shape index (κ3) is 3.73. The van der Waals surface area contributed by atoms with Gasteiger partial charge in [-0.2, -0.15) is 0 Å². The van der Waals surface area contributed by atoms with E-state index in [9.17, 15) is 9.59 Å². The molecule has 1 atom stereocenters. The summed E-state index contributed by atoms with van der Waals surface area (Å²) < 4.78 is 5.15. The number of hydrogen-bond donors (Lipinski definition) is 1. The zero-order chi connectivity index (χ0) is 20.0. The smallest absolute Gasteiger partial charge is 0.247 e. The van der Waals surface area contributed by atoms with Gasteiger partial charge in [0.1, 0.15) is 11.0 Å². The lowest BCUT2D eigenvalue weighted by Gasteiger charge is -2.24. The summed E-state index contributed by atoms with van der Waals surface area (Å²) in [5.74, 6) is 0.822. The van der Waals surface area contributed by atoms with E-state index in [0.717, 1.165) is 42.8 Å². The summed E-state index contributed by atoms with van der Waals surface area (Å²) in [4.78, 5) is 36.8. The fourth-order valence-electron chi connectivity index (χ4n) is 4.21. The highest BCUT2D eigenvalue weighted by Gasteiger charge is 2.55. The Balaban J connectivity index is 1.31. The largest absolute Gasteiger partial charge is 0.481 e. The second-order valence-corrected chi connectivity index (χ2v) is 9.27. The van der Waals surface area contributed by atoms with Crippen molar-refractivity contribution in [1.82, 2.24) is 14.9 Å². The molecule has 2 aromatic rings. The molecule has 7 nitrogen and oxygen atoms in total. The van der Waals surface area contributed by atoms with E-state index in [4.69, 9.17) is 4.74 Å². The molecule has 0 bridgehead atoms. The van der Waals surface area contributed by atoms with Gasteiger partial charge in [0, 0.05) is 18.5 Å². The lowest BCUT2D eigenvalue weighted by molar-refractivity contribution is -0.136. The first-order chi connectivity index (χ1) is 14.1. The summed E-state index contributed by atoms with van der Waals surface area (Å²) in [5.41, 5.74) is 3.58. The van der Waals surface area contributed by atoms with Crippen molar-refractivity contribution in [3.63, 3.8) is 0 Å². The van der Waals surface area contributed by atoms with Crippen LogP contribution in [0.25, 0.3) is 0 Å². The third-order valence-electron chi connectivity index (χ3n) is 6.21. The number of carbonyl (C=O) groups excluding carboxylic acids is 2. The maximum absolute atomic E-state index is 13.1. The van der Waals surface area contributed by atoms with Crippen LogP contribution in [0.4, 0.5) is 5.00 Å². The molecule has 2 aromatic heterocycles. The first-order valence-electron chi connectivity index (χ1n) is 10.1. The lowest BCUT2D eigenvalue weighted by atomic mass is 10.0. The van der Waals surface area contributed by atoms with Crippen LogP contribution in [0.3, 0.4) is 0 Å². The molecule has 1 aliphatic heterocycles. The number of rotatable bonds is 6. The number of methoxy groups -OCH3 is 1. The van der Waals surface area contributed by atoms with Crippen LogP contribution in [-0.4, -0.2) is 46.4 Å². The number of likely N-dealkylation sites (tertiary alicyclic amines) is 1. The number of anilines is 1. The number of nitrogens with one attached hydrogen (secondary N) is 1. The van der Waals surface area contributed by atoms with Crippen LogP contribution in [0.2, 0.25) is 0 Å². The lowest BCUT2D eigenvalue weighted by Crippen LogP contribution is -2.44. The summed E-state index contributed by atoms with van der Waals surface area (Å²) in [6.07, 6.45) is 5.37. The Hall–Kier alpha value is -2.48. The molecule has 2 amide bonds. The van der Waals surface area contributed by atoms with E-state index in [1.54, 1.807) is 23.6 Å². The zero-order valence-electron chi connectivity index (χ0n) is 16.4. The fourth-order valence-corrected chi connectivity index (χ4v) is 4.98. The molecular formula is C21H24N4O3S. The van der Waals surface area contributed by atoms with Gasteiger partial charge in [-0.1, -0.05) is 6.07 Å². The van der Waals surface area contributed by atoms with Crippen molar-refractivity contribution < 1.29 is 14.3 Å². The van der Waals surface area contributed by atoms with Gasteiger partial charge in [-0.15, -0.1) is 11.3 Å². The van der Waals surface area contributed by atoms with Crippen LogP contribution in [0.1, 0.15) is 49.4 Å². The molecule has 152 valence electrons. The van der Waals surface area contributed by atoms with Crippen molar-refractivity contribution in [2.45, 2.75) is 50.5 Å². The number of amides is 2. The maximum atomic E-state index is 13.1. The summed E-state index contributed by atoms with van der Waals surface area (Å²) in [5, 5.41) is 3.92. The highest BCUT2D eigenvalue weighted by atomic mass is 32.1. The summed E-state index contributed by atoms with van der Waals surface area (Å²) >= 11 is 1.47. The number of nitrogens with zero attached hydrogens (tertiary/aromatic N) is 3. The molecule has 2 saturated carbocycles. The second kappa shape index (κ2) is 7.09. The van der Waals surface area contributed by atoms with Gasteiger partial charge in [-0.3, -0.25) is 9.59 Å². The van der Waals surface area contributed by atoms with Crippen LogP contribution in [-0.2, 0) is 16.0 Å². The Bertz CT molecular complexity index is 951. The Morgan fingerprint density at radius 1 is 1.34 bits per heavy atom. The predicted octanol–water partition coefficient (Wildman–Crippen LogP) is 2.99. The average Bonchev–Trinajstić information content (AvgIpc) is 3.61. The van der Waals surface area contributed by atoms with Gasteiger partial charge >= 0.3 is 0 Å². The van der Waals surface area contributed by atoms with Gasteiger partial charge in [0.25, 0.3) is 0 Å². The standard InChI is InChI=1S/C21H24N4O3S/c1-28-16-4-2-3-14(23-16)9-17(26)25-11-21(7-8-21)10-15(25)19(27)24-20-18(13-5-6-13)22-12-29-20/h2-4,12-13,15H,5-11H2,1H3,(H,24,27)/t15-/m0/s1. The van der Waals surface area contributed by atoms with Crippen LogP contribution in [0.15, 0.2) is 23.7 Å². The van der Waals surface area contributed by atoms with E-state index in [1.807, 2.05) is 12.1 Å². The van der Waals surface area contributed by atoms with Crippen LogP contribution in [0, 0.1) is 5.41 Å². The number of hydrogen-bond acceptors (Lipinski definition) is 6. The van der Waals surface area contributed by atoms with Crippen molar-refractivity contribution in [1.29, 1.82) is 0 Å². The Kier molecular flexibility index (Phi) is 4.53. The van der Waals surface area contributed by atoms with Crippen LogP contribution >= 0.6 is 11.3 Å². The minimum atomic E-state index is -0.426. The van der Waals surface area contributed by atoms with E-state index >= 15 is 0 Å². The minimum absolute atomic E-state index is 0.0543. The highest BCUT2D eigenvalue weighted by Crippen LogP contribution is 2.55. The van der Waals surface area contributed by atoms with Gasteiger partial charge in [-0.25, -0.2) is 9.97 Å². The van der Waals surface area contributed by atoms with E-state index in [0.29, 0.717) is 24.0 Å². The molecule has 5 rings (SSSR count). The van der Waals surface area contributed by atoms with Crippen molar-refractivity contribution in [3.05, 3.63) is 35.1 Å². The molecule has 0 aromatic carbocycles. The SMILES string of the molecule is COc1cccc(CC(=O)N2CC3(CC3)C[C@H]2C(=O)Nc2scnc2C2CC2)n1. The van der Waals surface area contributed by atoms with E-state index < -0.39 is 6.04 Å². The monoisotopic (exact) mass is 412 g/mol. The molecule has 3 fully saturated rings. The normalized spacial score (nSPS) is 22.0. The molecule has 8 heteroatoms. The molecular weight excluding hydrogens is 388 g/mol.